The van der Waals surface area contributed by atoms with Crippen LogP contribution in [-0.4, -0.2) is 43.6 Å². The number of carbonyl (C=O) groups excluding carboxylic acids is 1. The molecule has 3 aromatic rings. The number of alkyl halides is 1. The molecule has 3 heterocycles. The van der Waals surface area contributed by atoms with Crippen molar-refractivity contribution in [1.29, 1.82) is 0 Å². The van der Waals surface area contributed by atoms with Crippen LogP contribution < -0.4 is 14.4 Å². The summed E-state index contributed by atoms with van der Waals surface area (Å²) in [4.78, 5) is 19.6. The van der Waals surface area contributed by atoms with Gasteiger partial charge in [-0.3, -0.25) is 0 Å². The molecule has 0 bridgehead atoms. The third kappa shape index (κ3) is 3.45. The summed E-state index contributed by atoms with van der Waals surface area (Å²) >= 11 is 6.23. The summed E-state index contributed by atoms with van der Waals surface area (Å²) in [6, 6.07) is 9.86. The van der Waals surface area contributed by atoms with E-state index in [0.29, 0.717) is 17.1 Å². The number of aromatic nitrogens is 1. The van der Waals surface area contributed by atoms with Crippen LogP contribution in [0.15, 0.2) is 36.5 Å². The smallest absolute Gasteiger partial charge is 0.339 e. The minimum Gasteiger partial charge on any atom is -0.493 e. The molecule has 0 unspecified atom stereocenters. The summed E-state index contributed by atoms with van der Waals surface area (Å²) < 4.78 is 16.3. The molecule has 31 heavy (non-hydrogen) atoms. The normalized spacial score (nSPS) is 16.4. The van der Waals surface area contributed by atoms with Gasteiger partial charge in [-0.15, -0.1) is 11.6 Å². The molecule has 160 valence electrons. The first kappa shape index (κ1) is 19.9. The number of pyridine rings is 1. The van der Waals surface area contributed by atoms with Gasteiger partial charge in [-0.25, -0.2) is 9.78 Å². The molecule has 2 aliphatic heterocycles. The fourth-order valence-corrected chi connectivity index (χ4v) is 4.64. The number of methoxy groups -OCH3 is 2. The quantitative estimate of drug-likeness (QED) is 0.431. The van der Waals surface area contributed by atoms with Gasteiger partial charge < -0.3 is 19.1 Å². The average Bonchev–Trinajstić information content (AvgIpc) is 3.17. The topological polar surface area (TPSA) is 60.9 Å². The number of benzene rings is 2. The van der Waals surface area contributed by atoms with Crippen molar-refractivity contribution >= 4 is 34.2 Å². The molecule has 7 heteroatoms. The highest BCUT2D eigenvalue weighted by Gasteiger charge is 2.28. The van der Waals surface area contributed by atoms with Gasteiger partial charge in [-0.05, 0) is 53.9 Å². The largest absolute Gasteiger partial charge is 0.493 e. The molecular formula is C24H23ClN2O4. The maximum absolute atomic E-state index is 12.6. The lowest BCUT2D eigenvalue weighted by molar-refractivity contribution is 0.0535. The number of halogens is 1. The van der Waals surface area contributed by atoms with Crippen LogP contribution in [0.2, 0.25) is 0 Å². The van der Waals surface area contributed by atoms with Crippen LogP contribution in [0.5, 0.6) is 11.5 Å². The number of rotatable bonds is 4. The predicted octanol–water partition coefficient (Wildman–Crippen LogP) is 4.80. The number of esters is 1. The van der Waals surface area contributed by atoms with Gasteiger partial charge in [-0.2, -0.15) is 0 Å². The maximum atomic E-state index is 12.6. The van der Waals surface area contributed by atoms with Crippen LogP contribution in [-0.2, 0) is 11.3 Å². The van der Waals surface area contributed by atoms with Crippen molar-refractivity contribution < 1.29 is 19.0 Å². The molecule has 0 radical (unpaired) electrons. The van der Waals surface area contributed by atoms with E-state index in [1.807, 2.05) is 36.5 Å². The summed E-state index contributed by atoms with van der Waals surface area (Å²) in [5.74, 6) is 1.86. The molecular weight excluding hydrogens is 416 g/mol. The van der Waals surface area contributed by atoms with Gasteiger partial charge in [0.05, 0.1) is 19.8 Å². The Morgan fingerprint density at radius 2 is 1.81 bits per heavy atom. The summed E-state index contributed by atoms with van der Waals surface area (Å²) in [6.45, 7) is 2.06. The highest BCUT2D eigenvalue weighted by Crippen LogP contribution is 2.42. The number of anilines is 1. The lowest BCUT2D eigenvalue weighted by Gasteiger charge is -2.30. The lowest BCUT2D eigenvalue weighted by Crippen LogP contribution is -2.34. The van der Waals surface area contributed by atoms with E-state index < -0.39 is 0 Å². The number of nitrogens with zero attached hydrogens (tertiary/aromatic N) is 2. The molecule has 1 saturated heterocycles. The Bertz CT molecular complexity index is 1150. The van der Waals surface area contributed by atoms with Gasteiger partial charge in [-0.1, -0.05) is 0 Å². The second kappa shape index (κ2) is 7.93. The predicted molar refractivity (Wildman–Crippen MR) is 120 cm³/mol. The molecule has 0 atom stereocenters. The van der Waals surface area contributed by atoms with Crippen molar-refractivity contribution in [3.05, 3.63) is 47.7 Å². The third-order valence-corrected chi connectivity index (χ3v) is 6.51. The standard InChI is InChI=1S/C24H23ClN2O4/c1-29-19-10-15-9-16-13-31-24(28)23(16)22(18(15)11-20(19)30-2)14-3-4-21(26-12-14)27-7-5-17(25)6-8-27/h3-4,9-12,17H,5-8,13H2,1-2H3. The highest BCUT2D eigenvalue weighted by molar-refractivity contribution is 6.20. The molecule has 0 spiro atoms. The van der Waals surface area contributed by atoms with Crippen LogP contribution in [0.3, 0.4) is 0 Å². The lowest BCUT2D eigenvalue weighted by atomic mass is 9.91. The first-order chi connectivity index (χ1) is 15.1. The number of cyclic esters (lactones) is 1. The number of ether oxygens (including phenoxy) is 3. The van der Waals surface area contributed by atoms with E-state index >= 15 is 0 Å². The van der Waals surface area contributed by atoms with Gasteiger partial charge in [0.25, 0.3) is 0 Å². The molecule has 1 fully saturated rings. The Morgan fingerprint density at radius 3 is 2.48 bits per heavy atom. The zero-order valence-corrected chi connectivity index (χ0v) is 18.2. The van der Waals surface area contributed by atoms with Crippen molar-refractivity contribution in [3.63, 3.8) is 0 Å². The highest BCUT2D eigenvalue weighted by atomic mass is 35.5. The van der Waals surface area contributed by atoms with Gasteiger partial charge in [0.2, 0.25) is 0 Å². The molecule has 2 aliphatic rings. The molecule has 6 nitrogen and oxygen atoms in total. The molecule has 2 aromatic carbocycles. The zero-order valence-electron chi connectivity index (χ0n) is 17.5. The summed E-state index contributed by atoms with van der Waals surface area (Å²) in [6.07, 6.45) is 3.74. The Morgan fingerprint density at radius 1 is 1.06 bits per heavy atom. The van der Waals surface area contributed by atoms with Crippen LogP contribution >= 0.6 is 11.6 Å². The van der Waals surface area contributed by atoms with Gasteiger partial charge >= 0.3 is 5.97 Å². The zero-order chi connectivity index (χ0) is 21.5. The van der Waals surface area contributed by atoms with Crippen molar-refractivity contribution in [2.75, 3.05) is 32.2 Å². The van der Waals surface area contributed by atoms with E-state index in [0.717, 1.165) is 59.2 Å². The third-order valence-electron chi connectivity index (χ3n) is 6.07. The Hall–Kier alpha value is -2.99. The van der Waals surface area contributed by atoms with E-state index in [2.05, 4.69) is 4.90 Å². The van der Waals surface area contributed by atoms with Crippen LogP contribution in [0.1, 0.15) is 28.8 Å². The summed E-state index contributed by atoms with van der Waals surface area (Å²) in [7, 11) is 3.21. The monoisotopic (exact) mass is 438 g/mol. The first-order valence-electron chi connectivity index (χ1n) is 10.3. The molecule has 0 aliphatic carbocycles. The second-order valence-corrected chi connectivity index (χ2v) is 8.47. The number of piperidine rings is 1. The summed E-state index contributed by atoms with van der Waals surface area (Å²) in [5, 5.41) is 2.09. The minimum absolute atomic E-state index is 0.242. The van der Waals surface area contributed by atoms with Gasteiger partial charge in [0.15, 0.2) is 11.5 Å². The van der Waals surface area contributed by atoms with Crippen molar-refractivity contribution in [2.24, 2.45) is 0 Å². The fraction of sp³-hybridized carbons (Fsp3) is 0.333. The Kier molecular flexibility index (Phi) is 5.10. The number of hydrogen-bond acceptors (Lipinski definition) is 6. The maximum Gasteiger partial charge on any atom is 0.339 e. The van der Waals surface area contributed by atoms with E-state index in [1.165, 1.54) is 0 Å². The molecule has 1 aromatic heterocycles. The first-order valence-corrected chi connectivity index (χ1v) is 10.8. The average molecular weight is 439 g/mol. The van der Waals surface area contributed by atoms with E-state index in [1.54, 1.807) is 14.2 Å². The van der Waals surface area contributed by atoms with Crippen LogP contribution in [0, 0.1) is 0 Å². The fourth-order valence-electron chi connectivity index (χ4n) is 4.45. The Labute approximate surface area is 185 Å². The number of fused-ring (bicyclic) bond motifs is 2. The Balaban J connectivity index is 1.64. The number of carbonyl (C=O) groups is 1. The van der Waals surface area contributed by atoms with Gasteiger partial charge in [0, 0.05) is 41.4 Å². The van der Waals surface area contributed by atoms with Gasteiger partial charge in [0.1, 0.15) is 12.4 Å². The molecule has 0 saturated carbocycles. The van der Waals surface area contributed by atoms with Crippen LogP contribution in [0.4, 0.5) is 5.82 Å². The van der Waals surface area contributed by atoms with Crippen LogP contribution in [0.25, 0.3) is 21.9 Å². The SMILES string of the molecule is COc1cc2cc3c(c(-c4ccc(N5CCC(Cl)CC5)nc4)c2cc1OC)C(=O)OC3. The summed E-state index contributed by atoms with van der Waals surface area (Å²) in [5.41, 5.74) is 3.14. The number of hydrogen-bond donors (Lipinski definition) is 0. The van der Waals surface area contributed by atoms with Crippen molar-refractivity contribution in [2.45, 2.75) is 24.8 Å². The molecule has 0 N–H and O–H groups in total. The van der Waals surface area contributed by atoms with Crippen molar-refractivity contribution in [3.8, 4) is 22.6 Å². The van der Waals surface area contributed by atoms with E-state index in [4.69, 9.17) is 30.8 Å². The minimum atomic E-state index is -0.310. The van der Waals surface area contributed by atoms with E-state index in [9.17, 15) is 4.79 Å². The molecule has 0 amide bonds. The van der Waals surface area contributed by atoms with Crippen molar-refractivity contribution in [1.82, 2.24) is 4.98 Å². The van der Waals surface area contributed by atoms with E-state index in [-0.39, 0.29) is 18.0 Å². The second-order valence-electron chi connectivity index (χ2n) is 7.86. The molecule has 5 rings (SSSR count).